The first-order valence-electron chi connectivity index (χ1n) is 3.58. The molecule has 0 amide bonds. The molecule has 0 aliphatic rings. The van der Waals surface area contributed by atoms with Gasteiger partial charge in [0, 0.05) is 5.33 Å². The van der Waals surface area contributed by atoms with E-state index in [4.69, 9.17) is 11.6 Å². The van der Waals surface area contributed by atoms with Gasteiger partial charge < -0.3 is 0 Å². The van der Waals surface area contributed by atoms with E-state index in [1.165, 1.54) is 6.07 Å². The summed E-state index contributed by atoms with van der Waals surface area (Å²) >= 11 is 8.54. The van der Waals surface area contributed by atoms with Crippen LogP contribution in [0.4, 0.5) is 8.78 Å². The average Bonchev–Trinajstić information content (AvgIpc) is 2.17. The monoisotopic (exact) mass is 283 g/mol. The summed E-state index contributed by atoms with van der Waals surface area (Å²) in [6, 6.07) is 1.30. The van der Waals surface area contributed by atoms with E-state index in [1.807, 2.05) is 0 Å². The molecule has 1 heterocycles. The van der Waals surface area contributed by atoms with Crippen molar-refractivity contribution in [2.24, 2.45) is 0 Å². The van der Waals surface area contributed by atoms with Gasteiger partial charge in [0.15, 0.2) is 6.29 Å². The molecule has 0 aliphatic heterocycles. The smallest absolute Gasteiger partial charge is 0.280 e. The van der Waals surface area contributed by atoms with Gasteiger partial charge in [0.25, 0.3) is 6.43 Å². The Morgan fingerprint density at radius 2 is 2.29 bits per heavy atom. The van der Waals surface area contributed by atoms with Gasteiger partial charge in [-0.25, -0.2) is 13.8 Å². The Morgan fingerprint density at radius 3 is 2.71 bits per heavy atom. The van der Waals surface area contributed by atoms with Crippen LogP contribution in [-0.4, -0.2) is 11.3 Å². The number of aldehydes is 1. The molecule has 0 saturated carbocycles. The van der Waals surface area contributed by atoms with Crippen LogP contribution in [0.2, 0.25) is 5.15 Å². The third kappa shape index (κ3) is 2.27. The van der Waals surface area contributed by atoms with Crippen molar-refractivity contribution in [1.29, 1.82) is 0 Å². The Kier molecular flexibility index (Phi) is 3.95. The van der Waals surface area contributed by atoms with Crippen molar-refractivity contribution < 1.29 is 13.6 Å². The van der Waals surface area contributed by atoms with Crippen molar-refractivity contribution in [3.8, 4) is 0 Å². The molecule has 0 N–H and O–H groups in total. The fourth-order valence-corrected chi connectivity index (χ4v) is 1.58. The minimum atomic E-state index is -2.69. The highest BCUT2D eigenvalue weighted by Gasteiger charge is 2.17. The quantitative estimate of drug-likeness (QED) is 0.484. The molecule has 1 rings (SSSR count). The average molecular weight is 284 g/mol. The minimum absolute atomic E-state index is 0.116. The van der Waals surface area contributed by atoms with Gasteiger partial charge in [-0.05, 0) is 11.6 Å². The first kappa shape index (κ1) is 11.5. The number of halogens is 4. The van der Waals surface area contributed by atoms with E-state index >= 15 is 0 Å². The first-order valence-corrected chi connectivity index (χ1v) is 5.08. The zero-order chi connectivity index (χ0) is 10.7. The summed E-state index contributed by atoms with van der Waals surface area (Å²) in [5.41, 5.74) is -0.00510. The van der Waals surface area contributed by atoms with E-state index in [0.717, 1.165) is 0 Å². The second-order valence-electron chi connectivity index (χ2n) is 2.46. The third-order valence-electron chi connectivity index (χ3n) is 1.59. The number of hydrogen-bond acceptors (Lipinski definition) is 2. The van der Waals surface area contributed by atoms with Crippen LogP contribution in [0.15, 0.2) is 6.07 Å². The van der Waals surface area contributed by atoms with Gasteiger partial charge in [-0.15, -0.1) is 0 Å². The number of hydrogen-bond donors (Lipinski definition) is 0. The molecular formula is C8H5BrClF2NO. The van der Waals surface area contributed by atoms with Crippen molar-refractivity contribution in [1.82, 2.24) is 4.98 Å². The van der Waals surface area contributed by atoms with Crippen molar-refractivity contribution >= 4 is 33.8 Å². The fourth-order valence-electron chi connectivity index (χ4n) is 0.942. The van der Waals surface area contributed by atoms with Crippen molar-refractivity contribution in [2.45, 2.75) is 11.8 Å². The molecule has 76 valence electrons. The van der Waals surface area contributed by atoms with E-state index in [2.05, 4.69) is 20.9 Å². The zero-order valence-corrected chi connectivity index (χ0v) is 9.15. The lowest BCUT2D eigenvalue weighted by molar-refractivity contribution is 0.112. The Balaban J connectivity index is 3.31. The zero-order valence-electron chi connectivity index (χ0n) is 6.81. The van der Waals surface area contributed by atoms with Gasteiger partial charge in [0.1, 0.15) is 10.8 Å². The Labute approximate surface area is 92.4 Å². The first-order chi connectivity index (χ1) is 6.60. The van der Waals surface area contributed by atoms with Gasteiger partial charge in [0.2, 0.25) is 0 Å². The van der Waals surface area contributed by atoms with E-state index < -0.39 is 12.1 Å². The lowest BCUT2D eigenvalue weighted by Crippen LogP contribution is -2.00. The summed E-state index contributed by atoms with van der Waals surface area (Å²) in [4.78, 5) is 13.9. The molecule has 0 radical (unpaired) electrons. The van der Waals surface area contributed by atoms with Crippen molar-refractivity contribution in [3.63, 3.8) is 0 Å². The van der Waals surface area contributed by atoms with Crippen molar-refractivity contribution in [3.05, 3.63) is 28.0 Å². The molecule has 0 fully saturated rings. The van der Waals surface area contributed by atoms with Crippen LogP contribution in [0.3, 0.4) is 0 Å². The van der Waals surface area contributed by atoms with E-state index in [1.54, 1.807) is 0 Å². The van der Waals surface area contributed by atoms with Gasteiger partial charge in [-0.3, -0.25) is 4.79 Å². The summed E-state index contributed by atoms with van der Waals surface area (Å²) in [5, 5.41) is 0.0116. The number of rotatable bonds is 3. The summed E-state index contributed by atoms with van der Waals surface area (Å²) < 4.78 is 24.8. The number of alkyl halides is 3. The predicted molar refractivity (Wildman–Crippen MR) is 52.2 cm³/mol. The van der Waals surface area contributed by atoms with Crippen LogP contribution in [-0.2, 0) is 5.33 Å². The van der Waals surface area contributed by atoms with Crippen LogP contribution < -0.4 is 0 Å². The van der Waals surface area contributed by atoms with Crippen LogP contribution in [0.25, 0.3) is 0 Å². The molecular weight excluding hydrogens is 279 g/mol. The largest absolute Gasteiger partial charge is 0.298 e. The number of nitrogens with zero attached hydrogens (tertiary/aromatic N) is 1. The Hall–Kier alpha value is -0.550. The maximum Gasteiger partial charge on any atom is 0.280 e. The van der Waals surface area contributed by atoms with Crippen LogP contribution in [0, 0.1) is 0 Å². The van der Waals surface area contributed by atoms with Gasteiger partial charge in [-0.1, -0.05) is 27.5 Å². The van der Waals surface area contributed by atoms with E-state index in [9.17, 15) is 13.6 Å². The third-order valence-corrected chi connectivity index (χ3v) is 2.50. The molecule has 0 spiro atoms. The predicted octanol–water partition coefficient (Wildman–Crippen LogP) is 3.38. The van der Waals surface area contributed by atoms with Gasteiger partial charge in [0.05, 0.1) is 5.56 Å². The molecule has 0 saturated heterocycles. The summed E-state index contributed by atoms with van der Waals surface area (Å²) in [7, 11) is 0. The molecule has 0 aromatic carbocycles. The second-order valence-corrected chi connectivity index (χ2v) is 3.38. The molecule has 0 atom stereocenters. The molecule has 14 heavy (non-hydrogen) atoms. The lowest BCUT2D eigenvalue weighted by atomic mass is 10.1. The van der Waals surface area contributed by atoms with Crippen LogP contribution >= 0.6 is 27.5 Å². The molecule has 6 heteroatoms. The summed E-state index contributed by atoms with van der Waals surface area (Å²) in [6.07, 6.45) is -2.21. The van der Waals surface area contributed by atoms with E-state index in [0.29, 0.717) is 6.29 Å². The van der Waals surface area contributed by atoms with Crippen LogP contribution in [0.1, 0.15) is 28.0 Å². The number of carbonyl (C=O) groups excluding carboxylic acids is 1. The second kappa shape index (κ2) is 4.79. The number of aromatic nitrogens is 1. The minimum Gasteiger partial charge on any atom is -0.298 e. The lowest BCUT2D eigenvalue weighted by Gasteiger charge is -2.06. The SMILES string of the molecule is O=Cc1cc(CBr)c(C(F)F)nc1Cl. The highest BCUT2D eigenvalue weighted by molar-refractivity contribution is 9.08. The van der Waals surface area contributed by atoms with Gasteiger partial charge in [-0.2, -0.15) is 0 Å². The Bertz CT molecular complexity index is 359. The molecule has 0 bridgehead atoms. The topological polar surface area (TPSA) is 30.0 Å². The normalized spacial score (nSPS) is 10.6. The highest BCUT2D eigenvalue weighted by atomic mass is 79.9. The molecule has 1 aromatic heterocycles. The maximum absolute atomic E-state index is 12.4. The standard InChI is InChI=1S/C8H5BrClF2NO/c9-2-4-1-5(3-14)7(10)13-6(4)8(11)12/h1,3,8H,2H2. The molecule has 2 nitrogen and oxygen atoms in total. The fraction of sp³-hybridized carbons (Fsp3) is 0.250. The summed E-state index contributed by atoms with van der Waals surface area (Å²) in [6.45, 7) is 0. The number of pyridine rings is 1. The Morgan fingerprint density at radius 1 is 1.64 bits per heavy atom. The highest BCUT2D eigenvalue weighted by Crippen LogP contribution is 2.26. The molecule has 1 aromatic rings. The molecule has 0 aliphatic carbocycles. The maximum atomic E-state index is 12.4. The molecule has 0 unspecified atom stereocenters. The van der Waals surface area contributed by atoms with Crippen LogP contribution in [0.5, 0.6) is 0 Å². The number of carbonyl (C=O) groups is 1. The van der Waals surface area contributed by atoms with Crippen molar-refractivity contribution in [2.75, 3.05) is 0 Å². The van der Waals surface area contributed by atoms with Gasteiger partial charge >= 0.3 is 0 Å². The van der Waals surface area contributed by atoms with E-state index in [-0.39, 0.29) is 21.6 Å². The summed E-state index contributed by atoms with van der Waals surface area (Å²) in [5.74, 6) is 0.